The molecular formula is C8H9N2O+. The van der Waals surface area contributed by atoms with Crippen LogP contribution in [0.1, 0.15) is 5.56 Å². The van der Waals surface area contributed by atoms with E-state index < -0.39 is 0 Å². The maximum Gasteiger partial charge on any atom is 0.429 e. The summed E-state index contributed by atoms with van der Waals surface area (Å²) in [4.78, 5) is 3.12. The van der Waals surface area contributed by atoms with Crippen molar-refractivity contribution in [3.63, 3.8) is 0 Å². The van der Waals surface area contributed by atoms with Crippen molar-refractivity contribution in [1.82, 2.24) is 0 Å². The van der Waals surface area contributed by atoms with Crippen molar-refractivity contribution in [2.75, 3.05) is 7.11 Å². The molecule has 0 amide bonds. The molecule has 0 unspecified atom stereocenters. The summed E-state index contributed by atoms with van der Waals surface area (Å²) in [5.74, 6) is 0.590. The lowest BCUT2D eigenvalue weighted by Gasteiger charge is -1.94. The van der Waals surface area contributed by atoms with E-state index >= 15 is 0 Å². The van der Waals surface area contributed by atoms with Gasteiger partial charge in [0, 0.05) is 5.56 Å². The van der Waals surface area contributed by atoms with Gasteiger partial charge in [0.2, 0.25) is 11.1 Å². The molecule has 0 heterocycles. The van der Waals surface area contributed by atoms with E-state index in [0.29, 0.717) is 11.4 Å². The van der Waals surface area contributed by atoms with Crippen LogP contribution in [-0.4, -0.2) is 7.11 Å². The highest BCUT2D eigenvalue weighted by Crippen LogP contribution is 2.30. The van der Waals surface area contributed by atoms with Crippen molar-refractivity contribution in [2.45, 2.75) is 6.92 Å². The summed E-state index contributed by atoms with van der Waals surface area (Å²) >= 11 is 0. The highest BCUT2D eigenvalue weighted by atomic mass is 16.5. The van der Waals surface area contributed by atoms with Gasteiger partial charge in [-0.15, -0.1) is 0 Å². The zero-order valence-electron chi connectivity index (χ0n) is 6.53. The molecule has 56 valence electrons. The molecule has 0 aromatic heterocycles. The monoisotopic (exact) mass is 149 g/mol. The first-order valence-electron chi connectivity index (χ1n) is 3.28. The smallest absolute Gasteiger partial charge is 0.429 e. The molecule has 0 saturated carbocycles. The van der Waals surface area contributed by atoms with E-state index in [2.05, 4.69) is 4.98 Å². The molecule has 1 rings (SSSR count). The van der Waals surface area contributed by atoms with Gasteiger partial charge in [0.05, 0.1) is 7.11 Å². The lowest BCUT2D eigenvalue weighted by Crippen LogP contribution is -1.83. The molecule has 0 aliphatic carbocycles. The van der Waals surface area contributed by atoms with Crippen LogP contribution in [0.4, 0.5) is 5.69 Å². The second-order valence-electron chi connectivity index (χ2n) is 2.23. The lowest BCUT2D eigenvalue weighted by molar-refractivity contribution is 0.417. The van der Waals surface area contributed by atoms with E-state index in [1.165, 1.54) is 0 Å². The van der Waals surface area contributed by atoms with Crippen molar-refractivity contribution in [2.24, 2.45) is 0 Å². The van der Waals surface area contributed by atoms with Crippen LogP contribution < -0.4 is 4.74 Å². The van der Waals surface area contributed by atoms with Gasteiger partial charge < -0.3 is 4.74 Å². The van der Waals surface area contributed by atoms with Gasteiger partial charge in [0.1, 0.15) is 0 Å². The number of methoxy groups -OCH3 is 1. The van der Waals surface area contributed by atoms with Gasteiger partial charge in [-0.05, 0) is 13.0 Å². The van der Waals surface area contributed by atoms with Crippen molar-refractivity contribution in [3.8, 4) is 5.75 Å². The van der Waals surface area contributed by atoms with Crippen LogP contribution in [0.15, 0.2) is 18.2 Å². The molecule has 0 spiro atoms. The van der Waals surface area contributed by atoms with E-state index in [-0.39, 0.29) is 0 Å². The molecule has 1 aromatic rings. The summed E-state index contributed by atoms with van der Waals surface area (Å²) in [6.45, 7) is 1.86. The molecule has 0 fully saturated rings. The van der Waals surface area contributed by atoms with Gasteiger partial charge in [-0.3, -0.25) is 0 Å². The number of ether oxygens (including phenoxy) is 1. The Hall–Kier alpha value is -1.56. The number of diazo groups is 1. The van der Waals surface area contributed by atoms with Crippen LogP contribution >= 0.6 is 0 Å². The fraction of sp³-hybridized carbons (Fsp3) is 0.250. The number of hydrogen-bond donors (Lipinski definition) is 0. The lowest BCUT2D eigenvalue weighted by atomic mass is 10.2. The fourth-order valence-corrected chi connectivity index (χ4v) is 0.925. The molecule has 0 aliphatic rings. The predicted molar refractivity (Wildman–Crippen MR) is 42.5 cm³/mol. The van der Waals surface area contributed by atoms with Gasteiger partial charge >= 0.3 is 5.69 Å². The molecule has 0 saturated heterocycles. The van der Waals surface area contributed by atoms with E-state index in [1.54, 1.807) is 13.2 Å². The Balaban J connectivity index is 3.27. The van der Waals surface area contributed by atoms with E-state index in [4.69, 9.17) is 10.1 Å². The highest BCUT2D eigenvalue weighted by Gasteiger charge is 2.16. The Morgan fingerprint density at radius 1 is 1.45 bits per heavy atom. The van der Waals surface area contributed by atoms with Crippen LogP contribution in [0.2, 0.25) is 0 Å². The predicted octanol–water partition coefficient (Wildman–Crippen LogP) is 2.49. The number of hydrogen-bond acceptors (Lipinski definition) is 2. The normalized spacial score (nSPS) is 8.82. The third kappa shape index (κ3) is 1.30. The summed E-state index contributed by atoms with van der Waals surface area (Å²) in [7, 11) is 1.55. The molecular weight excluding hydrogens is 140 g/mol. The Morgan fingerprint density at radius 2 is 2.18 bits per heavy atom. The molecule has 0 radical (unpaired) electrons. The summed E-state index contributed by atoms with van der Waals surface area (Å²) in [6.07, 6.45) is 0. The van der Waals surface area contributed by atoms with Crippen LogP contribution in [0.25, 0.3) is 4.98 Å². The van der Waals surface area contributed by atoms with Gasteiger partial charge in [0.25, 0.3) is 0 Å². The first kappa shape index (κ1) is 7.55. The second kappa shape index (κ2) is 3.02. The number of rotatable bonds is 1. The Kier molecular flexibility index (Phi) is 2.07. The third-order valence-electron chi connectivity index (χ3n) is 1.52. The van der Waals surface area contributed by atoms with Crippen molar-refractivity contribution in [3.05, 3.63) is 28.7 Å². The van der Waals surface area contributed by atoms with Gasteiger partial charge in [-0.25, -0.2) is 0 Å². The molecule has 11 heavy (non-hydrogen) atoms. The van der Waals surface area contributed by atoms with E-state index in [0.717, 1.165) is 5.56 Å². The Labute approximate surface area is 65.2 Å². The molecule has 3 nitrogen and oxygen atoms in total. The number of benzene rings is 1. The first-order valence-corrected chi connectivity index (χ1v) is 3.28. The fourth-order valence-electron chi connectivity index (χ4n) is 0.925. The quantitative estimate of drug-likeness (QED) is 0.575. The van der Waals surface area contributed by atoms with Gasteiger partial charge in [0.15, 0.2) is 4.98 Å². The van der Waals surface area contributed by atoms with Gasteiger partial charge in [-0.1, -0.05) is 12.1 Å². The third-order valence-corrected chi connectivity index (χ3v) is 1.52. The van der Waals surface area contributed by atoms with E-state index in [9.17, 15) is 0 Å². The van der Waals surface area contributed by atoms with Crippen LogP contribution in [0, 0.1) is 12.3 Å². The number of aryl methyl sites for hydroxylation is 1. The summed E-state index contributed by atoms with van der Waals surface area (Å²) < 4.78 is 4.96. The van der Waals surface area contributed by atoms with Crippen molar-refractivity contribution >= 4 is 5.69 Å². The zero-order valence-corrected chi connectivity index (χ0v) is 6.53. The maximum absolute atomic E-state index is 8.58. The molecule has 3 heteroatoms. The molecule has 0 N–H and O–H groups in total. The summed E-state index contributed by atoms with van der Waals surface area (Å²) in [6, 6.07) is 5.46. The largest absolute Gasteiger partial charge is 0.489 e. The Bertz CT molecular complexity index is 301. The minimum Gasteiger partial charge on any atom is -0.489 e. The van der Waals surface area contributed by atoms with Crippen LogP contribution in [-0.2, 0) is 0 Å². The molecule has 0 bridgehead atoms. The standard InChI is InChI=1S/C8H9N2O/c1-6-4-3-5-7(11-2)8(6)10-9/h3-5H,1-2H3/q+1. The summed E-state index contributed by atoms with van der Waals surface area (Å²) in [5.41, 5.74) is 1.39. The van der Waals surface area contributed by atoms with Gasteiger partial charge in [-0.2, -0.15) is 0 Å². The highest BCUT2D eigenvalue weighted by molar-refractivity contribution is 5.61. The van der Waals surface area contributed by atoms with E-state index in [1.807, 2.05) is 19.1 Å². The van der Waals surface area contributed by atoms with Crippen LogP contribution in [0.5, 0.6) is 5.75 Å². The zero-order chi connectivity index (χ0) is 8.27. The SMILES string of the molecule is COc1cccc(C)c1[N+]#N. The van der Waals surface area contributed by atoms with Crippen molar-refractivity contribution < 1.29 is 4.74 Å². The topological polar surface area (TPSA) is 37.4 Å². The number of nitrogens with zero attached hydrogens (tertiary/aromatic N) is 2. The Morgan fingerprint density at radius 3 is 2.64 bits per heavy atom. The minimum atomic E-state index is 0.495. The second-order valence-corrected chi connectivity index (χ2v) is 2.23. The minimum absolute atomic E-state index is 0.495. The molecule has 0 aliphatic heterocycles. The van der Waals surface area contributed by atoms with Crippen molar-refractivity contribution in [1.29, 1.82) is 5.39 Å². The molecule has 1 aromatic carbocycles. The van der Waals surface area contributed by atoms with Crippen LogP contribution in [0.3, 0.4) is 0 Å². The average molecular weight is 149 g/mol. The maximum atomic E-state index is 8.58. The summed E-state index contributed by atoms with van der Waals surface area (Å²) in [5, 5.41) is 8.58. The average Bonchev–Trinajstić information content (AvgIpc) is 2.04. The molecule has 0 atom stereocenters. The first-order chi connectivity index (χ1) is 5.29.